The van der Waals surface area contributed by atoms with Crippen molar-refractivity contribution in [3.8, 4) is 0 Å². The third-order valence-electron chi connectivity index (χ3n) is 3.66. The molecule has 1 heteroatoms. The second kappa shape index (κ2) is 5.75. The first-order valence-corrected chi connectivity index (χ1v) is 6.42. The van der Waals surface area contributed by atoms with Gasteiger partial charge in [0.1, 0.15) is 0 Å². The highest BCUT2D eigenvalue weighted by molar-refractivity contribution is 4.82. The van der Waals surface area contributed by atoms with Gasteiger partial charge in [0.25, 0.3) is 0 Å². The van der Waals surface area contributed by atoms with Crippen LogP contribution >= 0.6 is 0 Å². The van der Waals surface area contributed by atoms with Gasteiger partial charge in [-0.1, -0.05) is 26.7 Å². The van der Waals surface area contributed by atoms with Crippen molar-refractivity contribution < 1.29 is 0 Å². The van der Waals surface area contributed by atoms with Crippen LogP contribution in [0.2, 0.25) is 0 Å². The Balaban J connectivity index is 2.53. The largest absolute Gasteiger partial charge is 0.298 e. The quantitative estimate of drug-likeness (QED) is 0.664. The molecule has 14 heavy (non-hydrogen) atoms. The van der Waals surface area contributed by atoms with Gasteiger partial charge in [0.05, 0.1) is 0 Å². The monoisotopic (exact) mass is 197 g/mol. The van der Waals surface area contributed by atoms with Gasteiger partial charge in [0.2, 0.25) is 0 Å². The van der Waals surface area contributed by atoms with Gasteiger partial charge in [-0.15, -0.1) is 0 Å². The molecule has 2 atom stereocenters. The topological polar surface area (TPSA) is 3.24 Å². The summed E-state index contributed by atoms with van der Waals surface area (Å²) in [5.41, 5.74) is 0. The van der Waals surface area contributed by atoms with Crippen LogP contribution in [0.5, 0.6) is 0 Å². The predicted octanol–water partition coefficient (Wildman–Crippen LogP) is 3.69. The molecule has 84 valence electrons. The van der Waals surface area contributed by atoms with Gasteiger partial charge in [-0.25, -0.2) is 0 Å². The van der Waals surface area contributed by atoms with E-state index in [-0.39, 0.29) is 0 Å². The van der Waals surface area contributed by atoms with Crippen LogP contribution < -0.4 is 0 Å². The minimum absolute atomic E-state index is 0.736. The van der Waals surface area contributed by atoms with Crippen molar-refractivity contribution in [1.29, 1.82) is 0 Å². The number of nitrogens with zero attached hydrogens (tertiary/aromatic N) is 1. The molecule has 2 unspecified atom stereocenters. The highest BCUT2D eigenvalue weighted by Crippen LogP contribution is 2.27. The van der Waals surface area contributed by atoms with E-state index in [1.54, 1.807) is 0 Å². The van der Waals surface area contributed by atoms with Crippen LogP contribution in [0.3, 0.4) is 0 Å². The first-order chi connectivity index (χ1) is 6.66. The Kier molecular flexibility index (Phi) is 4.94. The van der Waals surface area contributed by atoms with Crippen molar-refractivity contribution in [2.24, 2.45) is 5.92 Å². The third kappa shape index (κ3) is 2.98. The summed E-state index contributed by atoms with van der Waals surface area (Å²) in [7, 11) is 0. The van der Waals surface area contributed by atoms with Crippen molar-refractivity contribution in [1.82, 2.24) is 4.90 Å². The Morgan fingerprint density at radius 1 is 1.21 bits per heavy atom. The van der Waals surface area contributed by atoms with Crippen molar-refractivity contribution >= 4 is 0 Å². The zero-order valence-corrected chi connectivity index (χ0v) is 10.4. The van der Waals surface area contributed by atoms with E-state index in [0.717, 1.165) is 18.0 Å². The summed E-state index contributed by atoms with van der Waals surface area (Å²) in [4.78, 5) is 2.73. The minimum Gasteiger partial charge on any atom is -0.298 e. The molecule has 0 saturated carbocycles. The number of hydrogen-bond donors (Lipinski definition) is 0. The number of hydrogen-bond acceptors (Lipinski definition) is 1. The summed E-state index contributed by atoms with van der Waals surface area (Å²) in [5.74, 6) is 0.891. The molecule has 0 spiro atoms. The van der Waals surface area contributed by atoms with Gasteiger partial charge in [-0.2, -0.15) is 0 Å². The molecule has 0 N–H and O–H groups in total. The molecule has 1 fully saturated rings. The van der Waals surface area contributed by atoms with E-state index in [2.05, 4.69) is 32.6 Å². The molecule has 1 aliphatic heterocycles. The Morgan fingerprint density at radius 3 is 2.50 bits per heavy atom. The van der Waals surface area contributed by atoms with Crippen LogP contribution in [0, 0.1) is 5.92 Å². The zero-order chi connectivity index (χ0) is 10.6. The highest BCUT2D eigenvalue weighted by atomic mass is 15.2. The van der Waals surface area contributed by atoms with Crippen LogP contribution in [0.1, 0.15) is 59.8 Å². The van der Waals surface area contributed by atoms with Crippen LogP contribution in [-0.2, 0) is 0 Å². The lowest BCUT2D eigenvalue weighted by atomic mass is 9.88. The predicted molar refractivity (Wildman–Crippen MR) is 63.6 cm³/mol. The van der Waals surface area contributed by atoms with Crippen molar-refractivity contribution in [2.75, 3.05) is 6.54 Å². The van der Waals surface area contributed by atoms with Gasteiger partial charge in [-0.3, -0.25) is 4.90 Å². The van der Waals surface area contributed by atoms with Gasteiger partial charge in [0, 0.05) is 12.1 Å². The minimum atomic E-state index is 0.736. The molecular formula is C13H27N. The molecular weight excluding hydrogens is 170 g/mol. The lowest BCUT2D eigenvalue weighted by Gasteiger charge is -2.42. The van der Waals surface area contributed by atoms with Crippen LogP contribution in [0.15, 0.2) is 0 Å². The fourth-order valence-corrected chi connectivity index (χ4v) is 2.88. The van der Waals surface area contributed by atoms with E-state index in [0.29, 0.717) is 0 Å². The lowest BCUT2D eigenvalue weighted by Crippen LogP contribution is -2.47. The summed E-state index contributed by atoms with van der Waals surface area (Å²) in [6.45, 7) is 10.8. The SMILES string of the molecule is CCCC(C)C1CCCCN1C(C)C. The summed E-state index contributed by atoms with van der Waals surface area (Å²) in [6, 6.07) is 1.60. The highest BCUT2D eigenvalue weighted by Gasteiger charge is 2.27. The van der Waals surface area contributed by atoms with E-state index in [9.17, 15) is 0 Å². The first-order valence-electron chi connectivity index (χ1n) is 6.42. The van der Waals surface area contributed by atoms with Crippen LogP contribution in [0.4, 0.5) is 0 Å². The zero-order valence-electron chi connectivity index (χ0n) is 10.4. The number of rotatable bonds is 4. The Labute approximate surface area is 89.9 Å². The molecule has 0 aromatic carbocycles. The average molecular weight is 197 g/mol. The van der Waals surface area contributed by atoms with E-state index in [4.69, 9.17) is 0 Å². The average Bonchev–Trinajstić information content (AvgIpc) is 2.18. The van der Waals surface area contributed by atoms with Gasteiger partial charge in [-0.05, 0) is 45.6 Å². The standard InChI is InChI=1S/C13H27N/c1-5-8-12(4)13-9-6-7-10-14(13)11(2)3/h11-13H,5-10H2,1-4H3. The molecule has 0 aromatic rings. The summed E-state index contributed by atoms with van der Waals surface area (Å²) < 4.78 is 0. The number of piperidine rings is 1. The molecule has 0 radical (unpaired) electrons. The van der Waals surface area contributed by atoms with E-state index in [1.165, 1.54) is 38.6 Å². The summed E-state index contributed by atoms with van der Waals surface area (Å²) in [6.07, 6.45) is 7.02. The Bertz CT molecular complexity index is 153. The Morgan fingerprint density at radius 2 is 1.93 bits per heavy atom. The number of likely N-dealkylation sites (tertiary alicyclic amines) is 1. The fourth-order valence-electron chi connectivity index (χ4n) is 2.88. The molecule has 1 heterocycles. The summed E-state index contributed by atoms with van der Waals surface area (Å²) in [5, 5.41) is 0. The summed E-state index contributed by atoms with van der Waals surface area (Å²) >= 11 is 0. The molecule has 0 amide bonds. The van der Waals surface area contributed by atoms with Crippen molar-refractivity contribution in [3.05, 3.63) is 0 Å². The molecule has 1 saturated heterocycles. The first kappa shape index (κ1) is 12.0. The molecule has 0 bridgehead atoms. The van der Waals surface area contributed by atoms with Crippen LogP contribution in [-0.4, -0.2) is 23.5 Å². The van der Waals surface area contributed by atoms with Crippen molar-refractivity contribution in [3.63, 3.8) is 0 Å². The van der Waals surface area contributed by atoms with Gasteiger partial charge >= 0.3 is 0 Å². The molecule has 1 aliphatic rings. The normalized spacial score (nSPS) is 26.8. The lowest BCUT2D eigenvalue weighted by molar-refractivity contribution is 0.0721. The van der Waals surface area contributed by atoms with Crippen molar-refractivity contribution in [2.45, 2.75) is 71.9 Å². The molecule has 1 nitrogen and oxygen atoms in total. The van der Waals surface area contributed by atoms with Gasteiger partial charge < -0.3 is 0 Å². The maximum absolute atomic E-state index is 2.73. The molecule has 1 rings (SSSR count). The molecule has 0 aliphatic carbocycles. The fraction of sp³-hybridized carbons (Fsp3) is 1.00. The smallest absolute Gasteiger partial charge is 0.0124 e. The third-order valence-corrected chi connectivity index (χ3v) is 3.66. The van der Waals surface area contributed by atoms with Gasteiger partial charge in [0.15, 0.2) is 0 Å². The van der Waals surface area contributed by atoms with E-state index < -0.39 is 0 Å². The maximum Gasteiger partial charge on any atom is 0.0124 e. The maximum atomic E-state index is 2.73. The Hall–Kier alpha value is -0.0400. The van der Waals surface area contributed by atoms with E-state index in [1.807, 2.05) is 0 Å². The van der Waals surface area contributed by atoms with Crippen LogP contribution in [0.25, 0.3) is 0 Å². The second-order valence-corrected chi connectivity index (χ2v) is 5.16. The second-order valence-electron chi connectivity index (χ2n) is 5.16. The van der Waals surface area contributed by atoms with E-state index >= 15 is 0 Å². The molecule has 0 aromatic heterocycles.